The maximum absolute atomic E-state index is 13.2. The number of aliphatic hydroxyl groups is 1. The number of ketones is 1. The Morgan fingerprint density at radius 1 is 1.26 bits per heavy atom. The van der Waals surface area contributed by atoms with Crippen LogP contribution in [0.1, 0.15) is 64.9 Å². The van der Waals surface area contributed by atoms with E-state index in [0.29, 0.717) is 38.5 Å². The minimum atomic E-state index is -2.30. The maximum atomic E-state index is 13.2. The summed E-state index contributed by atoms with van der Waals surface area (Å²) in [7, 11) is 0. The number of carbonyl (C=O) groups is 3. The summed E-state index contributed by atoms with van der Waals surface area (Å²) in [6, 6.07) is 6.07. The van der Waals surface area contributed by atoms with Crippen LogP contribution in [0.5, 0.6) is 5.75 Å². The van der Waals surface area contributed by atoms with E-state index in [9.17, 15) is 24.6 Å². The molecule has 2 aliphatic heterocycles. The van der Waals surface area contributed by atoms with Crippen LogP contribution in [0.4, 0.5) is 0 Å². The van der Waals surface area contributed by atoms with Gasteiger partial charge in [-0.3, -0.25) is 9.59 Å². The molecule has 1 amide bonds. The van der Waals surface area contributed by atoms with Gasteiger partial charge in [0.05, 0.1) is 0 Å². The van der Waals surface area contributed by atoms with Crippen molar-refractivity contribution in [2.24, 2.45) is 17.6 Å². The fraction of sp³-hybridized carbons (Fsp3) is 0.654. The van der Waals surface area contributed by atoms with Gasteiger partial charge in [-0.25, -0.2) is 4.79 Å². The maximum Gasteiger partial charge on any atom is 0.329 e. The molecule has 1 aromatic carbocycles. The molecule has 0 bridgehead atoms. The zero-order valence-electron chi connectivity index (χ0n) is 20.8. The smallest absolute Gasteiger partial charge is 0.329 e. The highest BCUT2D eigenvalue weighted by Gasteiger charge is 2.52. The van der Waals surface area contributed by atoms with Gasteiger partial charge >= 0.3 is 5.97 Å². The molecule has 6 atom stereocenters. The predicted molar refractivity (Wildman–Crippen MR) is 128 cm³/mol. The number of nitrogens with zero attached hydrogens (tertiary/aromatic N) is 1. The minimum absolute atomic E-state index is 0.00816. The van der Waals surface area contributed by atoms with Crippen molar-refractivity contribution in [2.75, 3.05) is 6.54 Å². The van der Waals surface area contributed by atoms with E-state index >= 15 is 0 Å². The number of piperidine rings is 1. The third kappa shape index (κ3) is 6.20. The Hall–Kier alpha value is -2.49. The van der Waals surface area contributed by atoms with Gasteiger partial charge < -0.3 is 30.3 Å². The molecule has 9 heteroatoms. The summed E-state index contributed by atoms with van der Waals surface area (Å²) in [6.07, 6.45) is 2.74. The van der Waals surface area contributed by atoms with Crippen LogP contribution in [-0.4, -0.2) is 63.5 Å². The van der Waals surface area contributed by atoms with Gasteiger partial charge in [0.2, 0.25) is 5.79 Å². The fourth-order valence-corrected chi connectivity index (χ4v) is 4.98. The summed E-state index contributed by atoms with van der Waals surface area (Å²) in [4.78, 5) is 40.6. The van der Waals surface area contributed by atoms with Gasteiger partial charge in [-0.2, -0.15) is 0 Å². The number of Topliss-reactive ketones (excluding diaryl/α,β-unsaturated/α-hetero) is 1. The molecule has 6 unspecified atom stereocenters. The van der Waals surface area contributed by atoms with Crippen LogP contribution in [0.15, 0.2) is 24.3 Å². The molecule has 2 saturated heterocycles. The predicted octanol–water partition coefficient (Wildman–Crippen LogP) is 2.26. The van der Waals surface area contributed by atoms with E-state index in [0.717, 1.165) is 12.0 Å². The van der Waals surface area contributed by atoms with Crippen molar-refractivity contribution < 1.29 is 34.1 Å². The molecule has 0 saturated carbocycles. The highest BCUT2D eigenvalue weighted by molar-refractivity contribution is 6.39. The number of esters is 1. The van der Waals surface area contributed by atoms with Gasteiger partial charge in [0.25, 0.3) is 11.7 Å². The number of hydrogen-bond acceptors (Lipinski definition) is 8. The molecule has 0 spiro atoms. The first-order chi connectivity index (χ1) is 16.6. The SMILES string of the molecule is CCC(Cc1cccc(O)c1)C(C)OC(=O)C1CCCCN1C(=O)C(=O)C1(O)OC(N)CCC1C. The van der Waals surface area contributed by atoms with Crippen LogP contribution in [0.25, 0.3) is 0 Å². The van der Waals surface area contributed by atoms with E-state index in [1.807, 2.05) is 19.9 Å². The third-order valence-electron chi connectivity index (χ3n) is 7.34. The fourth-order valence-electron chi connectivity index (χ4n) is 4.98. The lowest BCUT2D eigenvalue weighted by Crippen LogP contribution is -2.61. The summed E-state index contributed by atoms with van der Waals surface area (Å²) in [5.74, 6) is -5.32. The number of rotatable bonds is 8. The molecule has 194 valence electrons. The Kier molecular flexibility index (Phi) is 8.90. The molecule has 0 aromatic heterocycles. The minimum Gasteiger partial charge on any atom is -0.508 e. The van der Waals surface area contributed by atoms with Crippen LogP contribution < -0.4 is 5.73 Å². The molecule has 0 radical (unpaired) electrons. The average Bonchev–Trinajstić information content (AvgIpc) is 2.84. The summed E-state index contributed by atoms with van der Waals surface area (Å²) in [6.45, 7) is 5.67. The molecular formula is C26H38N2O7. The van der Waals surface area contributed by atoms with Crippen LogP contribution >= 0.6 is 0 Å². The van der Waals surface area contributed by atoms with E-state index in [1.54, 1.807) is 25.1 Å². The number of aromatic hydroxyl groups is 1. The molecule has 2 fully saturated rings. The number of ether oxygens (including phenoxy) is 2. The zero-order chi connectivity index (χ0) is 25.8. The van der Waals surface area contributed by atoms with Crippen molar-refractivity contribution in [3.63, 3.8) is 0 Å². The summed E-state index contributed by atoms with van der Waals surface area (Å²) in [5, 5.41) is 20.6. The molecule has 2 aliphatic rings. The lowest BCUT2D eigenvalue weighted by Gasteiger charge is -2.41. The van der Waals surface area contributed by atoms with E-state index < -0.39 is 47.7 Å². The molecule has 0 aliphatic carbocycles. The Bertz CT molecular complexity index is 923. The van der Waals surface area contributed by atoms with Crippen molar-refractivity contribution in [3.05, 3.63) is 29.8 Å². The van der Waals surface area contributed by atoms with Crippen molar-refractivity contribution in [3.8, 4) is 5.75 Å². The Labute approximate surface area is 206 Å². The van der Waals surface area contributed by atoms with Crippen molar-refractivity contribution in [2.45, 2.75) is 89.9 Å². The van der Waals surface area contributed by atoms with Crippen molar-refractivity contribution in [1.29, 1.82) is 0 Å². The van der Waals surface area contributed by atoms with Gasteiger partial charge in [-0.15, -0.1) is 0 Å². The molecule has 2 heterocycles. The van der Waals surface area contributed by atoms with Gasteiger partial charge in [-0.05, 0) is 75.5 Å². The second-order valence-electron chi connectivity index (χ2n) is 9.85. The summed E-state index contributed by atoms with van der Waals surface area (Å²) < 4.78 is 11.1. The number of phenols is 1. The van der Waals surface area contributed by atoms with E-state index in [-0.39, 0.29) is 18.2 Å². The Morgan fingerprint density at radius 3 is 2.69 bits per heavy atom. The first kappa shape index (κ1) is 27.1. The topological polar surface area (TPSA) is 139 Å². The van der Waals surface area contributed by atoms with Gasteiger partial charge in [0.1, 0.15) is 24.1 Å². The van der Waals surface area contributed by atoms with E-state index in [4.69, 9.17) is 15.2 Å². The molecule has 4 N–H and O–H groups in total. The lowest BCUT2D eigenvalue weighted by atomic mass is 9.88. The molecule has 1 aromatic rings. The quantitative estimate of drug-likeness (QED) is 0.372. The number of amides is 1. The van der Waals surface area contributed by atoms with Crippen LogP contribution in [0.2, 0.25) is 0 Å². The van der Waals surface area contributed by atoms with Crippen molar-refractivity contribution >= 4 is 17.7 Å². The largest absolute Gasteiger partial charge is 0.508 e. The standard InChI is InChI=1S/C26H38N2O7/c1-4-19(14-18-8-7-9-20(29)15-18)17(3)34-25(32)21-10-5-6-13-28(21)24(31)23(30)26(33)16(2)11-12-22(27)35-26/h7-9,15-17,19,21-22,29,33H,4-6,10-14,27H2,1-3H3. The first-order valence-electron chi connectivity index (χ1n) is 12.6. The monoisotopic (exact) mass is 490 g/mol. The van der Waals surface area contributed by atoms with E-state index in [2.05, 4.69) is 0 Å². The number of phenolic OH excluding ortho intramolecular Hbond substituents is 1. The normalized spacial score (nSPS) is 28.7. The third-order valence-corrected chi connectivity index (χ3v) is 7.34. The first-order valence-corrected chi connectivity index (χ1v) is 12.6. The highest BCUT2D eigenvalue weighted by atomic mass is 16.6. The molecular weight excluding hydrogens is 452 g/mol. The second kappa shape index (κ2) is 11.5. The number of benzene rings is 1. The van der Waals surface area contributed by atoms with Crippen molar-refractivity contribution in [1.82, 2.24) is 4.90 Å². The molecule has 3 rings (SSSR count). The zero-order valence-corrected chi connectivity index (χ0v) is 20.8. The van der Waals surface area contributed by atoms with Gasteiger partial charge in [-0.1, -0.05) is 26.0 Å². The Morgan fingerprint density at radius 2 is 2.00 bits per heavy atom. The molecule has 9 nitrogen and oxygen atoms in total. The highest BCUT2D eigenvalue weighted by Crippen LogP contribution is 2.33. The molecule has 35 heavy (non-hydrogen) atoms. The lowest BCUT2D eigenvalue weighted by molar-refractivity contribution is -0.261. The number of hydrogen-bond donors (Lipinski definition) is 3. The second-order valence-corrected chi connectivity index (χ2v) is 9.85. The summed E-state index contributed by atoms with van der Waals surface area (Å²) in [5.41, 5.74) is 6.71. The summed E-state index contributed by atoms with van der Waals surface area (Å²) >= 11 is 0. The average molecular weight is 491 g/mol. The van der Waals surface area contributed by atoms with E-state index in [1.165, 1.54) is 4.90 Å². The Balaban J connectivity index is 1.69. The van der Waals surface area contributed by atoms with Crippen LogP contribution in [0.3, 0.4) is 0 Å². The van der Waals surface area contributed by atoms with Crippen LogP contribution in [-0.2, 0) is 30.3 Å². The number of carbonyl (C=O) groups excluding carboxylic acids is 3. The number of likely N-dealkylation sites (tertiary alicyclic amines) is 1. The van der Waals surface area contributed by atoms with Gasteiger partial charge in [0, 0.05) is 12.5 Å². The number of nitrogens with two attached hydrogens (primary N) is 1. The van der Waals surface area contributed by atoms with Gasteiger partial charge in [0.15, 0.2) is 0 Å². The van der Waals surface area contributed by atoms with Crippen LogP contribution in [0, 0.1) is 11.8 Å².